The Bertz CT molecular complexity index is 1110. The van der Waals surface area contributed by atoms with Gasteiger partial charge in [0.15, 0.2) is 0 Å². The summed E-state index contributed by atoms with van der Waals surface area (Å²) in [6.45, 7) is 6.21. The Morgan fingerprint density at radius 2 is 1.39 bits per heavy atom. The molecule has 11 heteroatoms. The maximum atomic E-state index is 12.5. The maximum absolute atomic E-state index is 12.5. The first-order valence-corrected chi connectivity index (χ1v) is 14.5. The molecule has 0 saturated carbocycles. The molecule has 0 aliphatic carbocycles. The summed E-state index contributed by atoms with van der Waals surface area (Å²) in [5.74, 6) is -1.24. The predicted molar refractivity (Wildman–Crippen MR) is 144 cm³/mol. The molecule has 0 unspecified atom stereocenters. The first-order chi connectivity index (χ1) is 18.0. The fourth-order valence-electron chi connectivity index (χ4n) is 3.61. The third kappa shape index (κ3) is 12.4. The molecule has 1 aromatic heterocycles. The number of benzene rings is 1. The summed E-state index contributed by atoms with van der Waals surface area (Å²) in [4.78, 5) is 29.7. The summed E-state index contributed by atoms with van der Waals surface area (Å²) in [6.07, 6.45) is 12.4. The number of sulfonamides is 1. The van der Waals surface area contributed by atoms with Crippen molar-refractivity contribution in [1.82, 2.24) is 9.97 Å². The Kier molecular flexibility index (Phi) is 12.5. The number of esters is 1. The molecule has 2 N–H and O–H groups in total. The Morgan fingerprint density at radius 1 is 0.868 bits per heavy atom. The third-order valence-corrected chi connectivity index (χ3v) is 6.84. The van der Waals surface area contributed by atoms with Crippen LogP contribution in [0.4, 0.5) is 5.69 Å². The van der Waals surface area contributed by atoms with Crippen molar-refractivity contribution in [2.24, 2.45) is 0 Å². The smallest absolute Gasteiger partial charge is 0.373 e. The van der Waals surface area contributed by atoms with Gasteiger partial charge in [-0.15, -0.1) is 0 Å². The molecular weight excluding hydrogens is 510 g/mol. The molecule has 0 amide bonds. The summed E-state index contributed by atoms with van der Waals surface area (Å²) in [6, 6.07) is 6.08. The van der Waals surface area contributed by atoms with E-state index in [0.29, 0.717) is 18.8 Å². The van der Waals surface area contributed by atoms with Gasteiger partial charge in [0.2, 0.25) is 5.82 Å². The SMILES string of the molecule is CC(C)(C)OC(=O)CCCCCCCCCCCOc1ccc(S(=O)(=O)Nc2cnc(C(=O)O)nc2)cc1. The quantitative estimate of drug-likeness (QED) is 0.190. The second kappa shape index (κ2) is 15.3. The van der Waals surface area contributed by atoms with Gasteiger partial charge in [-0.2, -0.15) is 0 Å². The number of nitrogens with zero attached hydrogens (tertiary/aromatic N) is 2. The molecule has 0 aliphatic rings. The number of aromatic nitrogens is 2. The Hall–Kier alpha value is -3.21. The van der Waals surface area contributed by atoms with Crippen LogP contribution >= 0.6 is 0 Å². The lowest BCUT2D eigenvalue weighted by Crippen LogP contribution is -2.23. The minimum Gasteiger partial charge on any atom is -0.494 e. The van der Waals surface area contributed by atoms with Gasteiger partial charge in [-0.25, -0.2) is 23.2 Å². The Labute approximate surface area is 225 Å². The molecule has 0 spiro atoms. The minimum absolute atomic E-state index is 0.0389. The van der Waals surface area contributed by atoms with Crippen molar-refractivity contribution >= 4 is 27.6 Å². The zero-order valence-corrected chi connectivity index (χ0v) is 23.3. The molecule has 38 heavy (non-hydrogen) atoms. The number of carbonyl (C=O) groups excluding carboxylic acids is 1. The van der Waals surface area contributed by atoms with E-state index in [2.05, 4.69) is 14.7 Å². The molecule has 0 atom stereocenters. The second-order valence-corrected chi connectivity index (χ2v) is 11.7. The first-order valence-electron chi connectivity index (χ1n) is 13.0. The lowest BCUT2D eigenvalue weighted by molar-refractivity contribution is -0.154. The molecule has 0 aliphatic heterocycles. The second-order valence-electron chi connectivity index (χ2n) is 10.0. The van der Waals surface area contributed by atoms with Crippen LogP contribution in [0.3, 0.4) is 0 Å². The van der Waals surface area contributed by atoms with Crippen molar-refractivity contribution < 1.29 is 32.6 Å². The molecule has 1 heterocycles. The van der Waals surface area contributed by atoms with Crippen molar-refractivity contribution in [3.8, 4) is 5.75 Å². The van der Waals surface area contributed by atoms with E-state index < -0.39 is 27.4 Å². The van der Waals surface area contributed by atoms with Gasteiger partial charge in [-0.05, 0) is 57.9 Å². The summed E-state index contributed by atoms with van der Waals surface area (Å²) >= 11 is 0. The lowest BCUT2D eigenvalue weighted by Gasteiger charge is -2.19. The highest BCUT2D eigenvalue weighted by atomic mass is 32.2. The van der Waals surface area contributed by atoms with Crippen molar-refractivity contribution in [3.05, 3.63) is 42.5 Å². The van der Waals surface area contributed by atoms with Crippen LogP contribution in [0.5, 0.6) is 5.75 Å². The number of aromatic carboxylic acids is 1. The number of unbranched alkanes of at least 4 members (excludes halogenated alkanes) is 8. The van der Waals surface area contributed by atoms with E-state index in [0.717, 1.165) is 50.9 Å². The number of anilines is 1. The summed E-state index contributed by atoms with van der Waals surface area (Å²) < 4.78 is 38.4. The number of carboxylic acids is 1. The van der Waals surface area contributed by atoms with Gasteiger partial charge in [0.1, 0.15) is 11.4 Å². The molecule has 2 rings (SSSR count). The van der Waals surface area contributed by atoms with Crippen LogP contribution in [0, 0.1) is 0 Å². The van der Waals surface area contributed by atoms with Crippen LogP contribution in [0.25, 0.3) is 0 Å². The highest BCUT2D eigenvalue weighted by Crippen LogP contribution is 2.19. The number of hydrogen-bond acceptors (Lipinski definition) is 8. The van der Waals surface area contributed by atoms with E-state index in [4.69, 9.17) is 14.6 Å². The average Bonchev–Trinajstić information content (AvgIpc) is 2.84. The van der Waals surface area contributed by atoms with Crippen molar-refractivity contribution in [3.63, 3.8) is 0 Å². The first kappa shape index (κ1) is 31.0. The summed E-state index contributed by atoms with van der Waals surface area (Å²) in [5, 5.41) is 8.82. The lowest BCUT2D eigenvalue weighted by atomic mass is 10.1. The molecule has 1 aromatic carbocycles. The maximum Gasteiger partial charge on any atom is 0.373 e. The summed E-state index contributed by atoms with van der Waals surface area (Å²) in [7, 11) is -3.87. The van der Waals surface area contributed by atoms with Crippen LogP contribution in [-0.4, -0.2) is 47.6 Å². The standard InChI is InChI=1S/C27H39N3O7S/c1-27(2,3)37-24(31)13-11-9-7-5-4-6-8-10-12-18-36-22-14-16-23(17-15-22)38(34,35)30-21-19-28-25(26(32)33)29-20-21/h14-17,19-20,30H,4-13,18H2,1-3H3,(H,32,33). The van der Waals surface area contributed by atoms with Gasteiger partial charge in [0.25, 0.3) is 10.0 Å². The van der Waals surface area contributed by atoms with Gasteiger partial charge in [0.05, 0.1) is 29.6 Å². The number of rotatable bonds is 17. The van der Waals surface area contributed by atoms with Gasteiger partial charge in [-0.1, -0.05) is 44.9 Å². The van der Waals surface area contributed by atoms with Crippen LogP contribution in [0.1, 0.15) is 95.6 Å². The number of ether oxygens (including phenoxy) is 2. The van der Waals surface area contributed by atoms with Crippen LogP contribution in [-0.2, 0) is 19.6 Å². The van der Waals surface area contributed by atoms with E-state index in [-0.39, 0.29) is 16.6 Å². The van der Waals surface area contributed by atoms with Crippen LogP contribution in [0.15, 0.2) is 41.6 Å². The molecule has 2 aromatic rings. The van der Waals surface area contributed by atoms with Crippen molar-refractivity contribution in [2.45, 2.75) is 95.5 Å². The van der Waals surface area contributed by atoms with Gasteiger partial charge >= 0.3 is 11.9 Å². The fourth-order valence-corrected chi connectivity index (χ4v) is 4.64. The van der Waals surface area contributed by atoms with E-state index in [1.807, 2.05) is 20.8 Å². The summed E-state index contributed by atoms with van der Waals surface area (Å²) in [5.41, 5.74) is -0.347. The monoisotopic (exact) mass is 549 g/mol. The van der Waals surface area contributed by atoms with E-state index in [1.165, 1.54) is 31.4 Å². The number of carbonyl (C=O) groups is 2. The van der Waals surface area contributed by atoms with Crippen molar-refractivity contribution in [2.75, 3.05) is 11.3 Å². The van der Waals surface area contributed by atoms with Crippen molar-refractivity contribution in [1.29, 1.82) is 0 Å². The Morgan fingerprint density at radius 3 is 1.92 bits per heavy atom. The van der Waals surface area contributed by atoms with Crippen LogP contribution < -0.4 is 9.46 Å². The molecule has 0 radical (unpaired) electrons. The largest absolute Gasteiger partial charge is 0.494 e. The topological polar surface area (TPSA) is 145 Å². The van der Waals surface area contributed by atoms with E-state index in [1.54, 1.807) is 12.1 Å². The highest BCUT2D eigenvalue weighted by molar-refractivity contribution is 7.92. The molecule has 0 bridgehead atoms. The highest BCUT2D eigenvalue weighted by Gasteiger charge is 2.16. The molecule has 210 valence electrons. The zero-order valence-electron chi connectivity index (χ0n) is 22.4. The zero-order chi connectivity index (χ0) is 28.0. The minimum atomic E-state index is -3.87. The van der Waals surface area contributed by atoms with E-state index in [9.17, 15) is 18.0 Å². The normalized spacial score (nSPS) is 11.7. The Balaban J connectivity index is 1.55. The predicted octanol–water partition coefficient (Wildman–Crippen LogP) is 5.60. The molecule has 0 saturated heterocycles. The average molecular weight is 550 g/mol. The third-order valence-electron chi connectivity index (χ3n) is 5.44. The molecular formula is C27H39N3O7S. The van der Waals surface area contributed by atoms with Crippen LogP contribution in [0.2, 0.25) is 0 Å². The molecule has 0 fully saturated rings. The molecule has 10 nitrogen and oxygen atoms in total. The van der Waals surface area contributed by atoms with Gasteiger partial charge in [0, 0.05) is 6.42 Å². The van der Waals surface area contributed by atoms with Gasteiger partial charge < -0.3 is 14.6 Å². The number of carboxylic acid groups (broad SMARTS) is 1. The fraction of sp³-hybridized carbons (Fsp3) is 0.556. The number of hydrogen-bond donors (Lipinski definition) is 2. The number of nitrogens with one attached hydrogen (secondary N) is 1. The van der Waals surface area contributed by atoms with Gasteiger partial charge in [-0.3, -0.25) is 9.52 Å². The van der Waals surface area contributed by atoms with E-state index >= 15 is 0 Å².